The zero-order valence-electron chi connectivity index (χ0n) is 12.8. The van der Waals surface area contributed by atoms with Crippen molar-refractivity contribution in [3.8, 4) is 11.8 Å². The van der Waals surface area contributed by atoms with E-state index in [1.807, 2.05) is 13.8 Å². The molecule has 1 N–H and O–H groups in total. The van der Waals surface area contributed by atoms with Gasteiger partial charge in [0.05, 0.1) is 12.2 Å². The van der Waals surface area contributed by atoms with E-state index < -0.39 is 5.82 Å². The topological polar surface area (TPSA) is 40.5 Å². The molecule has 0 spiro atoms. The van der Waals surface area contributed by atoms with Crippen molar-refractivity contribution in [3.63, 3.8) is 0 Å². The molecule has 1 aromatic rings. The molecule has 0 saturated heterocycles. The smallest absolute Gasteiger partial charge is 0.255 e. The Morgan fingerprint density at radius 1 is 1.38 bits per heavy atom. The Balaban J connectivity index is 3.12. The highest BCUT2D eigenvalue weighted by Crippen LogP contribution is 2.16. The standard InChI is InChI=1S/C17H22FNO2/c1-4-15(5-2)19(3)17(21)16-10-9-14(18)12-13(16)8-6-7-11-20/h9-10,12,15,20H,4-5,7,11H2,1-3H3. The van der Waals surface area contributed by atoms with Crippen LogP contribution in [0.3, 0.4) is 0 Å². The van der Waals surface area contributed by atoms with Crippen LogP contribution in [0.25, 0.3) is 0 Å². The molecule has 4 heteroatoms. The summed E-state index contributed by atoms with van der Waals surface area (Å²) in [5.74, 6) is 4.92. The minimum absolute atomic E-state index is 0.0563. The number of rotatable bonds is 5. The van der Waals surface area contributed by atoms with Gasteiger partial charge in [-0.2, -0.15) is 0 Å². The van der Waals surface area contributed by atoms with Crippen molar-refractivity contribution in [2.45, 2.75) is 39.2 Å². The van der Waals surface area contributed by atoms with Crippen LogP contribution in [0, 0.1) is 17.7 Å². The number of halogens is 1. The molecule has 0 aromatic heterocycles. The first-order chi connectivity index (χ1) is 10.0. The first kappa shape index (κ1) is 17.2. The van der Waals surface area contributed by atoms with Gasteiger partial charge in [-0.1, -0.05) is 25.7 Å². The van der Waals surface area contributed by atoms with Gasteiger partial charge in [-0.15, -0.1) is 0 Å². The Kier molecular flexibility index (Phi) is 6.90. The molecule has 114 valence electrons. The second-order valence-electron chi connectivity index (χ2n) is 4.85. The zero-order valence-corrected chi connectivity index (χ0v) is 12.8. The molecular formula is C17H22FNO2. The molecule has 0 aliphatic heterocycles. The summed E-state index contributed by atoms with van der Waals surface area (Å²) in [5.41, 5.74) is 0.766. The normalized spacial score (nSPS) is 10.2. The largest absolute Gasteiger partial charge is 0.395 e. The molecule has 0 atom stereocenters. The number of hydrogen-bond acceptors (Lipinski definition) is 2. The van der Waals surface area contributed by atoms with Gasteiger partial charge in [0.15, 0.2) is 0 Å². The molecule has 0 fully saturated rings. The third-order valence-electron chi connectivity index (χ3n) is 3.48. The van der Waals surface area contributed by atoms with Crippen molar-refractivity contribution >= 4 is 5.91 Å². The fourth-order valence-corrected chi connectivity index (χ4v) is 2.21. The maximum absolute atomic E-state index is 13.4. The highest BCUT2D eigenvalue weighted by molar-refractivity contribution is 5.96. The fraction of sp³-hybridized carbons (Fsp3) is 0.471. The summed E-state index contributed by atoms with van der Waals surface area (Å²) >= 11 is 0. The Morgan fingerprint density at radius 3 is 2.62 bits per heavy atom. The average molecular weight is 291 g/mol. The molecule has 0 unspecified atom stereocenters. The van der Waals surface area contributed by atoms with Gasteiger partial charge < -0.3 is 10.0 Å². The maximum atomic E-state index is 13.4. The van der Waals surface area contributed by atoms with Gasteiger partial charge in [0, 0.05) is 25.1 Å². The number of amides is 1. The minimum atomic E-state index is -0.426. The number of benzene rings is 1. The molecular weight excluding hydrogens is 269 g/mol. The van der Waals surface area contributed by atoms with Crippen molar-refractivity contribution in [1.82, 2.24) is 4.90 Å². The molecule has 0 radical (unpaired) electrons. The Hall–Kier alpha value is -1.86. The van der Waals surface area contributed by atoms with Crippen LogP contribution in [-0.4, -0.2) is 35.6 Å². The number of aliphatic hydroxyl groups excluding tert-OH is 1. The molecule has 1 aromatic carbocycles. The van der Waals surface area contributed by atoms with Crippen LogP contribution in [-0.2, 0) is 0 Å². The summed E-state index contributed by atoms with van der Waals surface area (Å²) in [6.45, 7) is 4.01. The Labute approximate surface area is 125 Å². The van der Waals surface area contributed by atoms with Gasteiger partial charge in [0.25, 0.3) is 5.91 Å². The van der Waals surface area contributed by atoms with Crippen LogP contribution in [0.2, 0.25) is 0 Å². The Morgan fingerprint density at radius 2 is 2.05 bits per heavy atom. The number of carbonyl (C=O) groups excluding carboxylic acids is 1. The van der Waals surface area contributed by atoms with Gasteiger partial charge >= 0.3 is 0 Å². The van der Waals surface area contributed by atoms with Gasteiger partial charge in [0.2, 0.25) is 0 Å². The van der Waals surface area contributed by atoms with Crippen LogP contribution in [0.4, 0.5) is 4.39 Å². The van der Waals surface area contributed by atoms with E-state index >= 15 is 0 Å². The van der Waals surface area contributed by atoms with E-state index in [9.17, 15) is 9.18 Å². The SMILES string of the molecule is CCC(CC)N(C)C(=O)c1ccc(F)cc1C#CCCO. The summed E-state index contributed by atoms with van der Waals surface area (Å²) in [6.07, 6.45) is 2.03. The minimum Gasteiger partial charge on any atom is -0.395 e. The molecule has 0 bridgehead atoms. The van der Waals surface area contributed by atoms with Crippen LogP contribution in [0.5, 0.6) is 0 Å². The lowest BCUT2D eigenvalue weighted by molar-refractivity contribution is 0.0723. The summed E-state index contributed by atoms with van der Waals surface area (Å²) in [6, 6.07) is 4.16. The fourth-order valence-electron chi connectivity index (χ4n) is 2.21. The van der Waals surface area contributed by atoms with E-state index in [1.165, 1.54) is 18.2 Å². The molecule has 1 amide bonds. The van der Waals surface area contributed by atoms with Crippen molar-refractivity contribution in [3.05, 3.63) is 35.1 Å². The second-order valence-corrected chi connectivity index (χ2v) is 4.85. The first-order valence-corrected chi connectivity index (χ1v) is 7.21. The monoisotopic (exact) mass is 291 g/mol. The van der Waals surface area contributed by atoms with Crippen molar-refractivity contribution in [2.24, 2.45) is 0 Å². The third kappa shape index (κ3) is 4.57. The predicted molar refractivity (Wildman–Crippen MR) is 81.4 cm³/mol. The summed E-state index contributed by atoms with van der Waals surface area (Å²) in [5, 5.41) is 8.75. The quantitative estimate of drug-likeness (QED) is 0.847. The van der Waals surface area contributed by atoms with Crippen molar-refractivity contribution < 1.29 is 14.3 Å². The summed E-state index contributed by atoms with van der Waals surface area (Å²) in [7, 11) is 1.76. The van der Waals surface area contributed by atoms with E-state index in [2.05, 4.69) is 11.8 Å². The predicted octanol–water partition coefficient (Wildman–Crippen LogP) is 2.82. The lowest BCUT2D eigenvalue weighted by atomic mass is 10.0. The molecule has 0 aliphatic rings. The van der Waals surface area contributed by atoms with Crippen LogP contribution >= 0.6 is 0 Å². The third-order valence-corrected chi connectivity index (χ3v) is 3.48. The average Bonchev–Trinajstić information content (AvgIpc) is 2.48. The number of nitrogens with zero attached hydrogens (tertiary/aromatic N) is 1. The maximum Gasteiger partial charge on any atom is 0.255 e. The van der Waals surface area contributed by atoms with E-state index in [0.29, 0.717) is 17.5 Å². The van der Waals surface area contributed by atoms with E-state index in [0.717, 1.165) is 12.8 Å². The van der Waals surface area contributed by atoms with Gasteiger partial charge in [-0.05, 0) is 31.0 Å². The van der Waals surface area contributed by atoms with E-state index in [4.69, 9.17) is 5.11 Å². The highest BCUT2D eigenvalue weighted by atomic mass is 19.1. The highest BCUT2D eigenvalue weighted by Gasteiger charge is 2.20. The lowest BCUT2D eigenvalue weighted by Gasteiger charge is -2.26. The molecule has 1 rings (SSSR count). The lowest BCUT2D eigenvalue weighted by Crippen LogP contribution is -2.36. The molecule has 0 saturated carbocycles. The zero-order chi connectivity index (χ0) is 15.8. The van der Waals surface area contributed by atoms with Gasteiger partial charge in [0.1, 0.15) is 5.82 Å². The van der Waals surface area contributed by atoms with Gasteiger partial charge in [-0.25, -0.2) is 4.39 Å². The summed E-state index contributed by atoms with van der Waals surface area (Å²) in [4.78, 5) is 14.2. The Bertz CT molecular complexity index is 541. The van der Waals surface area contributed by atoms with E-state index in [1.54, 1.807) is 11.9 Å². The molecule has 21 heavy (non-hydrogen) atoms. The van der Waals surface area contributed by atoms with Crippen molar-refractivity contribution in [1.29, 1.82) is 0 Å². The van der Waals surface area contributed by atoms with Crippen LogP contribution < -0.4 is 0 Å². The van der Waals surface area contributed by atoms with E-state index in [-0.39, 0.29) is 18.6 Å². The second kappa shape index (κ2) is 8.43. The first-order valence-electron chi connectivity index (χ1n) is 7.21. The number of carbonyl (C=O) groups is 1. The molecule has 3 nitrogen and oxygen atoms in total. The van der Waals surface area contributed by atoms with Crippen molar-refractivity contribution in [2.75, 3.05) is 13.7 Å². The summed E-state index contributed by atoms with van der Waals surface area (Å²) < 4.78 is 13.4. The van der Waals surface area contributed by atoms with Gasteiger partial charge in [-0.3, -0.25) is 4.79 Å². The molecule has 0 heterocycles. The molecule has 0 aliphatic carbocycles. The van der Waals surface area contributed by atoms with Crippen LogP contribution in [0.15, 0.2) is 18.2 Å². The van der Waals surface area contributed by atoms with Crippen LogP contribution in [0.1, 0.15) is 49.0 Å². The number of aliphatic hydroxyl groups is 1. The number of hydrogen-bond donors (Lipinski definition) is 1.